The molecule has 0 aliphatic heterocycles. The molecule has 0 heterocycles. The fourth-order valence-corrected chi connectivity index (χ4v) is 1.62. The van der Waals surface area contributed by atoms with Gasteiger partial charge in [0.2, 0.25) is 0 Å². The molecular weight excluding hydrogens is 162 g/mol. The molecular formula is C11H21NO. The van der Waals surface area contributed by atoms with E-state index in [1.807, 2.05) is 0 Å². The molecule has 0 bridgehead atoms. The van der Waals surface area contributed by atoms with Gasteiger partial charge in [0.15, 0.2) is 0 Å². The van der Waals surface area contributed by atoms with Crippen LogP contribution in [-0.4, -0.2) is 35.7 Å². The number of rotatable bonds is 7. The first-order chi connectivity index (χ1) is 6.29. The fraction of sp³-hybridized carbons (Fsp3) is 0.818. The zero-order valence-corrected chi connectivity index (χ0v) is 8.79. The summed E-state index contributed by atoms with van der Waals surface area (Å²) in [5.41, 5.74) is 0. The van der Waals surface area contributed by atoms with Gasteiger partial charge in [0, 0.05) is 25.6 Å². The van der Waals surface area contributed by atoms with E-state index in [2.05, 4.69) is 24.7 Å². The van der Waals surface area contributed by atoms with Crippen molar-refractivity contribution in [3.63, 3.8) is 0 Å². The Morgan fingerprint density at radius 1 is 1.31 bits per heavy atom. The van der Waals surface area contributed by atoms with E-state index >= 15 is 0 Å². The third-order valence-electron chi connectivity index (χ3n) is 2.39. The minimum atomic E-state index is 0.223. The van der Waals surface area contributed by atoms with Gasteiger partial charge in [0.25, 0.3) is 0 Å². The molecule has 0 aromatic heterocycles. The lowest BCUT2D eigenvalue weighted by atomic mass is 10.1. The Morgan fingerprint density at radius 2 is 1.92 bits per heavy atom. The summed E-state index contributed by atoms with van der Waals surface area (Å²) in [6.45, 7) is 6.22. The van der Waals surface area contributed by atoms with E-state index in [9.17, 15) is 0 Å². The van der Waals surface area contributed by atoms with Gasteiger partial charge in [-0.25, -0.2) is 0 Å². The lowest BCUT2D eigenvalue weighted by molar-refractivity contribution is 0.146. The Bertz CT molecular complexity index is 147. The number of hydrogen-bond donors (Lipinski definition) is 1. The smallest absolute Gasteiger partial charge is 0.0558 e. The van der Waals surface area contributed by atoms with E-state index in [0.29, 0.717) is 6.04 Å². The number of hydrogen-bond acceptors (Lipinski definition) is 2. The summed E-state index contributed by atoms with van der Waals surface area (Å²) in [6, 6.07) is 0.570. The number of terminal acetylenes is 1. The molecule has 0 unspecified atom stereocenters. The van der Waals surface area contributed by atoms with Crippen LogP contribution in [0.4, 0.5) is 0 Å². The summed E-state index contributed by atoms with van der Waals surface area (Å²) in [5, 5.41) is 8.88. The Labute approximate surface area is 81.9 Å². The monoisotopic (exact) mass is 183 g/mol. The topological polar surface area (TPSA) is 23.5 Å². The maximum atomic E-state index is 8.88. The van der Waals surface area contributed by atoms with Gasteiger partial charge >= 0.3 is 0 Å². The van der Waals surface area contributed by atoms with Crippen molar-refractivity contribution in [3.05, 3.63) is 0 Å². The maximum absolute atomic E-state index is 8.88. The van der Waals surface area contributed by atoms with Crippen molar-refractivity contribution in [2.24, 2.45) is 0 Å². The van der Waals surface area contributed by atoms with Crippen LogP contribution in [-0.2, 0) is 0 Å². The van der Waals surface area contributed by atoms with Crippen LogP contribution in [0.1, 0.15) is 33.1 Å². The largest absolute Gasteiger partial charge is 0.395 e. The zero-order chi connectivity index (χ0) is 10.1. The predicted octanol–water partition coefficient (Wildman–Crippen LogP) is 1.49. The second kappa shape index (κ2) is 8.10. The molecule has 1 N–H and O–H groups in total. The lowest BCUT2D eigenvalue weighted by Gasteiger charge is -2.28. The van der Waals surface area contributed by atoms with E-state index in [4.69, 9.17) is 11.5 Å². The highest BCUT2D eigenvalue weighted by Gasteiger charge is 2.12. The Hall–Kier alpha value is -0.520. The molecule has 0 aliphatic carbocycles. The Balaban J connectivity index is 3.97. The van der Waals surface area contributed by atoms with Crippen LogP contribution in [0, 0.1) is 12.3 Å². The van der Waals surface area contributed by atoms with E-state index in [-0.39, 0.29) is 6.61 Å². The Kier molecular flexibility index (Phi) is 7.77. The standard InChI is InChI=1S/C11H21NO/c1-4-7-8-12(9-10-13)11(5-2)6-3/h1,11,13H,5-10H2,2-3H3. The van der Waals surface area contributed by atoms with Gasteiger partial charge in [0.05, 0.1) is 6.61 Å². The van der Waals surface area contributed by atoms with Crippen molar-refractivity contribution in [2.75, 3.05) is 19.7 Å². The van der Waals surface area contributed by atoms with Crippen LogP contribution in [0.5, 0.6) is 0 Å². The molecule has 0 fully saturated rings. The third-order valence-corrected chi connectivity index (χ3v) is 2.39. The third kappa shape index (κ3) is 4.92. The molecule has 2 nitrogen and oxygen atoms in total. The highest BCUT2D eigenvalue weighted by atomic mass is 16.3. The Morgan fingerprint density at radius 3 is 2.31 bits per heavy atom. The van der Waals surface area contributed by atoms with Crippen molar-refractivity contribution in [2.45, 2.75) is 39.2 Å². The van der Waals surface area contributed by atoms with E-state index in [1.165, 1.54) is 0 Å². The van der Waals surface area contributed by atoms with Crippen molar-refractivity contribution >= 4 is 0 Å². The van der Waals surface area contributed by atoms with Crippen molar-refractivity contribution < 1.29 is 5.11 Å². The quantitative estimate of drug-likeness (QED) is 0.605. The van der Waals surface area contributed by atoms with Crippen LogP contribution >= 0.6 is 0 Å². The molecule has 0 atom stereocenters. The van der Waals surface area contributed by atoms with Crippen LogP contribution in [0.25, 0.3) is 0 Å². The highest BCUT2D eigenvalue weighted by Crippen LogP contribution is 2.08. The highest BCUT2D eigenvalue weighted by molar-refractivity contribution is 4.85. The summed E-state index contributed by atoms with van der Waals surface area (Å²) in [7, 11) is 0. The van der Waals surface area contributed by atoms with E-state index < -0.39 is 0 Å². The molecule has 0 saturated heterocycles. The molecule has 0 saturated carbocycles. The molecule has 0 radical (unpaired) electrons. The maximum Gasteiger partial charge on any atom is 0.0558 e. The molecule has 0 aliphatic rings. The molecule has 0 amide bonds. The second-order valence-electron chi connectivity index (χ2n) is 3.18. The number of nitrogens with zero attached hydrogens (tertiary/aromatic N) is 1. The summed E-state index contributed by atoms with van der Waals surface area (Å²) >= 11 is 0. The van der Waals surface area contributed by atoms with Gasteiger partial charge in [-0.1, -0.05) is 13.8 Å². The molecule has 0 rings (SSSR count). The summed E-state index contributed by atoms with van der Waals surface area (Å²) in [5.74, 6) is 2.64. The van der Waals surface area contributed by atoms with Crippen LogP contribution in [0.15, 0.2) is 0 Å². The minimum absolute atomic E-state index is 0.223. The van der Waals surface area contributed by atoms with Gasteiger partial charge in [-0.05, 0) is 12.8 Å². The first-order valence-corrected chi connectivity index (χ1v) is 5.08. The average Bonchev–Trinajstić information content (AvgIpc) is 2.16. The molecule has 2 heteroatoms. The zero-order valence-electron chi connectivity index (χ0n) is 8.79. The van der Waals surface area contributed by atoms with Crippen molar-refractivity contribution in [1.82, 2.24) is 4.90 Å². The van der Waals surface area contributed by atoms with E-state index in [1.54, 1.807) is 0 Å². The number of aliphatic hydroxyl groups is 1. The molecule has 13 heavy (non-hydrogen) atoms. The summed E-state index contributed by atoms with van der Waals surface area (Å²) < 4.78 is 0. The summed E-state index contributed by atoms with van der Waals surface area (Å²) in [6.07, 6.45) is 8.24. The van der Waals surface area contributed by atoms with E-state index in [0.717, 1.165) is 32.4 Å². The number of aliphatic hydroxyl groups excluding tert-OH is 1. The molecule has 0 spiro atoms. The van der Waals surface area contributed by atoms with Gasteiger partial charge < -0.3 is 5.11 Å². The van der Waals surface area contributed by atoms with Crippen LogP contribution < -0.4 is 0 Å². The van der Waals surface area contributed by atoms with Crippen LogP contribution in [0.3, 0.4) is 0 Å². The predicted molar refractivity (Wildman–Crippen MR) is 56.5 cm³/mol. The molecule has 0 aromatic rings. The van der Waals surface area contributed by atoms with Gasteiger partial charge in [-0.15, -0.1) is 12.3 Å². The van der Waals surface area contributed by atoms with Crippen molar-refractivity contribution in [1.29, 1.82) is 0 Å². The van der Waals surface area contributed by atoms with Gasteiger partial charge in [0.1, 0.15) is 0 Å². The first-order valence-electron chi connectivity index (χ1n) is 5.08. The minimum Gasteiger partial charge on any atom is -0.395 e. The average molecular weight is 183 g/mol. The lowest BCUT2D eigenvalue weighted by Crippen LogP contribution is -2.37. The molecule has 76 valence electrons. The molecule has 0 aromatic carbocycles. The van der Waals surface area contributed by atoms with Crippen LogP contribution in [0.2, 0.25) is 0 Å². The normalized spacial score (nSPS) is 10.8. The summed E-state index contributed by atoms with van der Waals surface area (Å²) in [4.78, 5) is 2.28. The van der Waals surface area contributed by atoms with Gasteiger partial charge in [-0.3, -0.25) is 4.90 Å². The van der Waals surface area contributed by atoms with Gasteiger partial charge in [-0.2, -0.15) is 0 Å². The second-order valence-corrected chi connectivity index (χ2v) is 3.18. The first kappa shape index (κ1) is 12.5. The SMILES string of the molecule is C#CCCN(CCO)C(CC)CC. The van der Waals surface area contributed by atoms with Crippen molar-refractivity contribution in [3.8, 4) is 12.3 Å². The fourth-order valence-electron chi connectivity index (χ4n) is 1.62.